The number of amides is 1. The normalized spacial score (nSPS) is 14.5. The van der Waals surface area contributed by atoms with Gasteiger partial charge in [-0.05, 0) is 59.7 Å². The molecule has 170 valence electrons. The molecule has 10 nitrogen and oxygen atoms in total. The summed E-state index contributed by atoms with van der Waals surface area (Å²) in [5.74, 6) is 2.34. The molecule has 4 aromatic rings. The fourth-order valence-corrected chi connectivity index (χ4v) is 4.68. The number of piperidine rings is 1. The van der Waals surface area contributed by atoms with Gasteiger partial charge >= 0.3 is 6.09 Å². The van der Waals surface area contributed by atoms with Crippen LogP contribution >= 0.6 is 11.3 Å². The fraction of sp³-hybridized carbons (Fsp3) is 0.318. The highest BCUT2D eigenvalue weighted by Gasteiger charge is 2.27. The van der Waals surface area contributed by atoms with Crippen LogP contribution in [0.2, 0.25) is 0 Å². The number of nitrogens with zero attached hydrogens (tertiary/aromatic N) is 6. The summed E-state index contributed by atoms with van der Waals surface area (Å²) in [4.78, 5) is 17.0. The van der Waals surface area contributed by atoms with Crippen molar-refractivity contribution in [3.8, 4) is 16.7 Å². The Bertz CT molecular complexity index is 1200. The van der Waals surface area contributed by atoms with Crippen molar-refractivity contribution in [3.63, 3.8) is 0 Å². The van der Waals surface area contributed by atoms with Crippen molar-refractivity contribution in [1.82, 2.24) is 30.1 Å². The van der Waals surface area contributed by atoms with Crippen LogP contribution in [-0.4, -0.2) is 61.0 Å². The zero-order valence-electron chi connectivity index (χ0n) is 17.7. The number of hydrogen-bond acceptors (Lipinski definition) is 8. The number of benzene rings is 2. The predicted octanol–water partition coefficient (Wildman–Crippen LogP) is 4.01. The van der Waals surface area contributed by atoms with Gasteiger partial charge in [-0.3, -0.25) is 0 Å². The number of para-hydroxylation sites is 1. The van der Waals surface area contributed by atoms with E-state index in [0.29, 0.717) is 50.0 Å². The molecule has 2 aromatic carbocycles. The van der Waals surface area contributed by atoms with Gasteiger partial charge in [-0.25, -0.2) is 14.5 Å². The number of hydrogen-bond donors (Lipinski definition) is 1. The Balaban J connectivity index is 1.13. The highest BCUT2D eigenvalue weighted by atomic mass is 32.1. The molecule has 5 rings (SSSR count). The number of aromatic nitrogens is 5. The van der Waals surface area contributed by atoms with Crippen LogP contribution in [0.1, 0.15) is 24.6 Å². The van der Waals surface area contributed by atoms with E-state index < -0.39 is 6.09 Å². The molecule has 2 aromatic heterocycles. The maximum atomic E-state index is 11.1. The maximum absolute atomic E-state index is 11.1. The molecule has 33 heavy (non-hydrogen) atoms. The second-order valence-corrected chi connectivity index (χ2v) is 8.67. The van der Waals surface area contributed by atoms with E-state index in [1.54, 1.807) is 4.68 Å². The van der Waals surface area contributed by atoms with Crippen molar-refractivity contribution in [3.05, 3.63) is 54.4 Å². The van der Waals surface area contributed by atoms with Crippen LogP contribution in [0.15, 0.2) is 48.5 Å². The van der Waals surface area contributed by atoms with Crippen molar-refractivity contribution in [2.75, 3.05) is 19.7 Å². The quantitative estimate of drug-likeness (QED) is 0.434. The average molecular weight is 467 g/mol. The Hall–Kier alpha value is -3.73. The number of fused-ring (bicyclic) bond motifs is 1. The summed E-state index contributed by atoms with van der Waals surface area (Å²) in [6.45, 7) is 1.90. The number of rotatable bonds is 7. The van der Waals surface area contributed by atoms with E-state index in [0.717, 1.165) is 21.8 Å². The smallest absolute Gasteiger partial charge is 0.407 e. The minimum atomic E-state index is -0.877. The lowest BCUT2D eigenvalue weighted by Crippen LogP contribution is -2.37. The van der Waals surface area contributed by atoms with Gasteiger partial charge in [0.2, 0.25) is 0 Å². The standard InChI is InChI=1S/C22H22N6O4S/c29-22(30)27-11-9-15(10-12-27)20-24-25-26-28(20)13-14-31-16-5-7-17(8-6-16)32-21-23-18-3-1-2-4-19(18)33-21/h1-8,15H,9-14H2,(H,29,30). The van der Waals surface area contributed by atoms with Crippen LogP contribution in [0.25, 0.3) is 10.2 Å². The molecule has 3 heterocycles. The number of ether oxygens (including phenoxy) is 2. The third-order valence-corrected chi connectivity index (χ3v) is 6.48. The molecule has 1 aliphatic rings. The Kier molecular flexibility index (Phi) is 6.03. The third-order valence-electron chi connectivity index (χ3n) is 5.57. The van der Waals surface area contributed by atoms with E-state index >= 15 is 0 Å². The molecule has 11 heteroatoms. The first kappa shape index (κ1) is 21.1. The van der Waals surface area contributed by atoms with Gasteiger partial charge in [0.25, 0.3) is 5.19 Å². The van der Waals surface area contributed by atoms with Gasteiger partial charge in [0.05, 0.1) is 16.8 Å². The van der Waals surface area contributed by atoms with Gasteiger partial charge in [-0.2, -0.15) is 0 Å². The fourth-order valence-electron chi connectivity index (χ4n) is 3.84. The Labute approximate surface area is 193 Å². The van der Waals surface area contributed by atoms with E-state index in [1.807, 2.05) is 48.5 Å². The summed E-state index contributed by atoms with van der Waals surface area (Å²) < 4.78 is 14.5. The van der Waals surface area contributed by atoms with E-state index in [9.17, 15) is 4.79 Å². The van der Waals surface area contributed by atoms with E-state index in [4.69, 9.17) is 14.6 Å². The van der Waals surface area contributed by atoms with Gasteiger partial charge in [0, 0.05) is 19.0 Å². The van der Waals surface area contributed by atoms with E-state index in [2.05, 4.69) is 20.5 Å². The predicted molar refractivity (Wildman–Crippen MR) is 121 cm³/mol. The molecule has 0 saturated carbocycles. The molecular formula is C22H22N6O4S. The Morgan fingerprint density at radius 2 is 1.85 bits per heavy atom. The van der Waals surface area contributed by atoms with Crippen molar-refractivity contribution in [2.24, 2.45) is 0 Å². The molecule has 1 fully saturated rings. The first-order valence-corrected chi connectivity index (χ1v) is 11.5. The first-order valence-electron chi connectivity index (χ1n) is 10.7. The largest absolute Gasteiger partial charge is 0.492 e. The van der Waals surface area contributed by atoms with Gasteiger partial charge in [0.1, 0.15) is 18.1 Å². The van der Waals surface area contributed by atoms with Gasteiger partial charge in [-0.15, -0.1) is 5.10 Å². The second kappa shape index (κ2) is 9.41. The zero-order chi connectivity index (χ0) is 22.6. The molecule has 0 spiro atoms. The molecule has 1 N–H and O–H groups in total. The number of tetrazole rings is 1. The SMILES string of the molecule is O=C(O)N1CCC(c2nnnn2CCOc2ccc(Oc3nc4ccccc4s3)cc2)CC1. The van der Waals surface area contributed by atoms with E-state index in [-0.39, 0.29) is 5.92 Å². The highest BCUT2D eigenvalue weighted by Crippen LogP contribution is 2.31. The molecule has 0 aliphatic carbocycles. The highest BCUT2D eigenvalue weighted by molar-refractivity contribution is 7.20. The number of likely N-dealkylation sites (tertiary alicyclic amines) is 1. The summed E-state index contributed by atoms with van der Waals surface area (Å²) in [5.41, 5.74) is 0.923. The zero-order valence-corrected chi connectivity index (χ0v) is 18.5. The molecule has 0 unspecified atom stereocenters. The summed E-state index contributed by atoms with van der Waals surface area (Å²) in [6, 6.07) is 15.3. The van der Waals surface area contributed by atoms with Gasteiger partial charge in [0.15, 0.2) is 5.82 Å². The minimum absolute atomic E-state index is 0.148. The monoisotopic (exact) mass is 466 g/mol. The molecular weight excluding hydrogens is 444 g/mol. The third kappa shape index (κ3) is 4.87. The van der Waals surface area contributed by atoms with Gasteiger partial charge in [-0.1, -0.05) is 23.5 Å². The lowest BCUT2D eigenvalue weighted by molar-refractivity contribution is 0.131. The molecule has 1 aliphatic heterocycles. The molecule has 1 saturated heterocycles. The minimum Gasteiger partial charge on any atom is -0.492 e. The molecule has 0 atom stereocenters. The summed E-state index contributed by atoms with van der Waals surface area (Å²) in [6.07, 6.45) is 0.547. The van der Waals surface area contributed by atoms with Crippen LogP contribution in [0.3, 0.4) is 0 Å². The summed E-state index contributed by atoms with van der Waals surface area (Å²) in [5, 5.41) is 21.7. The molecule has 1 amide bonds. The Morgan fingerprint density at radius 3 is 2.61 bits per heavy atom. The topological polar surface area (TPSA) is 115 Å². The Morgan fingerprint density at radius 1 is 1.09 bits per heavy atom. The first-order chi connectivity index (χ1) is 16.2. The van der Waals surface area contributed by atoms with Crippen molar-refractivity contribution < 1.29 is 19.4 Å². The van der Waals surface area contributed by atoms with Crippen molar-refractivity contribution >= 4 is 27.6 Å². The lowest BCUT2D eigenvalue weighted by Gasteiger charge is -2.29. The average Bonchev–Trinajstić information content (AvgIpc) is 3.47. The molecule has 0 radical (unpaired) electrons. The van der Waals surface area contributed by atoms with Crippen LogP contribution in [0, 0.1) is 0 Å². The lowest BCUT2D eigenvalue weighted by atomic mass is 9.96. The van der Waals surface area contributed by atoms with Crippen LogP contribution in [0.4, 0.5) is 4.79 Å². The number of carboxylic acid groups (broad SMARTS) is 1. The number of carbonyl (C=O) groups is 1. The second-order valence-electron chi connectivity index (χ2n) is 7.67. The number of thiazole rings is 1. The van der Waals surface area contributed by atoms with E-state index in [1.165, 1.54) is 16.2 Å². The van der Waals surface area contributed by atoms with Crippen LogP contribution in [0.5, 0.6) is 16.7 Å². The van der Waals surface area contributed by atoms with Crippen LogP contribution in [-0.2, 0) is 6.54 Å². The maximum Gasteiger partial charge on any atom is 0.407 e. The summed E-state index contributed by atoms with van der Waals surface area (Å²) >= 11 is 1.51. The van der Waals surface area contributed by atoms with Crippen LogP contribution < -0.4 is 9.47 Å². The molecule has 0 bridgehead atoms. The van der Waals surface area contributed by atoms with Gasteiger partial charge < -0.3 is 19.5 Å². The van der Waals surface area contributed by atoms with Crippen molar-refractivity contribution in [2.45, 2.75) is 25.3 Å². The summed E-state index contributed by atoms with van der Waals surface area (Å²) in [7, 11) is 0. The van der Waals surface area contributed by atoms with Crippen molar-refractivity contribution in [1.29, 1.82) is 0 Å².